The summed E-state index contributed by atoms with van der Waals surface area (Å²) in [6, 6.07) is 25.8. The van der Waals surface area contributed by atoms with E-state index < -0.39 is 0 Å². The number of nitrogens with zero attached hydrogens (tertiary/aromatic N) is 2. The van der Waals surface area contributed by atoms with Crippen molar-refractivity contribution in [3.8, 4) is 22.9 Å². The number of hydrogen-bond donors (Lipinski definition) is 0. The Bertz CT molecular complexity index is 1830. The van der Waals surface area contributed by atoms with Crippen LogP contribution in [0.25, 0.3) is 32.9 Å². The summed E-state index contributed by atoms with van der Waals surface area (Å²) in [5.41, 5.74) is 2.88. The minimum Gasteiger partial charge on any atom is -0.465 e. The number of aromatic nitrogens is 2. The van der Waals surface area contributed by atoms with Gasteiger partial charge in [-0.25, -0.2) is 9.59 Å². The van der Waals surface area contributed by atoms with Crippen molar-refractivity contribution in [3.63, 3.8) is 0 Å². The van der Waals surface area contributed by atoms with Gasteiger partial charge < -0.3 is 33.1 Å². The Labute approximate surface area is 270 Å². The Hall–Kier alpha value is -5.62. The molecule has 0 unspecified atom stereocenters. The lowest BCUT2D eigenvalue weighted by Crippen LogP contribution is -2.11. The molecular formula is C36H32N2O9. The van der Waals surface area contributed by atoms with E-state index in [9.17, 15) is 9.59 Å². The second-order valence-corrected chi connectivity index (χ2v) is 10.4. The molecule has 11 heteroatoms. The summed E-state index contributed by atoms with van der Waals surface area (Å²) in [6.07, 6.45) is 7.88. The van der Waals surface area contributed by atoms with Crippen LogP contribution in [0.1, 0.15) is 20.7 Å². The van der Waals surface area contributed by atoms with Gasteiger partial charge in [-0.2, -0.15) is 9.78 Å². The zero-order valence-corrected chi connectivity index (χ0v) is 25.8. The third-order valence-electron chi connectivity index (χ3n) is 7.33. The van der Waals surface area contributed by atoms with Crippen LogP contribution in [0.15, 0.2) is 110 Å². The summed E-state index contributed by atoms with van der Waals surface area (Å²) in [7, 11) is 2.74. The first kappa shape index (κ1) is 31.4. The lowest BCUT2D eigenvalue weighted by Gasteiger charge is -2.08. The molecule has 0 saturated carbocycles. The molecule has 0 amide bonds. The maximum absolute atomic E-state index is 11.8. The molecule has 2 heterocycles. The number of fused-ring (bicyclic) bond motifs is 2. The normalized spacial score (nSPS) is 11.1. The quantitative estimate of drug-likeness (QED) is 0.0574. The highest BCUT2D eigenvalue weighted by Crippen LogP contribution is 2.24. The molecule has 0 aliphatic heterocycles. The fraction of sp³-hybridized carbons (Fsp3) is 0.167. The van der Waals surface area contributed by atoms with Crippen molar-refractivity contribution in [1.29, 1.82) is 0 Å². The summed E-state index contributed by atoms with van der Waals surface area (Å²) in [5.74, 6) is 0.378. The Morgan fingerprint density at radius 1 is 0.511 bits per heavy atom. The molecule has 0 fully saturated rings. The van der Waals surface area contributed by atoms with Gasteiger partial charge in [-0.15, -0.1) is 0 Å². The van der Waals surface area contributed by atoms with Gasteiger partial charge in [-0.3, -0.25) is 0 Å². The maximum atomic E-state index is 11.8. The average Bonchev–Trinajstić information content (AvgIpc) is 3.74. The molecular weight excluding hydrogens is 604 g/mol. The first-order valence-electron chi connectivity index (χ1n) is 14.8. The van der Waals surface area contributed by atoms with E-state index in [2.05, 4.69) is 0 Å². The molecule has 0 saturated heterocycles. The Morgan fingerprint density at radius 2 is 0.915 bits per heavy atom. The third-order valence-corrected chi connectivity index (χ3v) is 7.33. The van der Waals surface area contributed by atoms with E-state index in [0.29, 0.717) is 35.8 Å². The molecule has 240 valence electrons. The minimum absolute atomic E-state index is 0.230. The lowest BCUT2D eigenvalue weighted by atomic mass is 10.1. The molecule has 0 bridgehead atoms. The van der Waals surface area contributed by atoms with Crippen LogP contribution in [0, 0.1) is 0 Å². The van der Waals surface area contributed by atoms with E-state index >= 15 is 0 Å². The standard InChI is InChI=1S/C36H32N2O9/c1-41-35(39)25-3-5-27-21-37(23-29(27)19-25)31-7-11-33(12-8-31)46-44-17-15-43-16-18-45-47-34-13-9-32(10-14-34)38-22-28-6-4-26(36(40)42-2)20-30(28)24-38/h3-14,19-24H,15-18H2,1-2H3. The number of rotatable bonds is 14. The van der Waals surface area contributed by atoms with Gasteiger partial charge in [0.15, 0.2) is 11.5 Å². The van der Waals surface area contributed by atoms with E-state index in [1.807, 2.05) is 82.5 Å². The largest absolute Gasteiger partial charge is 0.465 e. The zero-order chi connectivity index (χ0) is 32.6. The van der Waals surface area contributed by atoms with Crippen molar-refractivity contribution in [1.82, 2.24) is 9.13 Å². The highest BCUT2D eigenvalue weighted by molar-refractivity contribution is 5.96. The average molecular weight is 637 g/mol. The first-order valence-corrected chi connectivity index (χ1v) is 14.8. The van der Waals surface area contributed by atoms with Gasteiger partial charge in [0.05, 0.1) is 38.6 Å². The van der Waals surface area contributed by atoms with Gasteiger partial charge in [0.1, 0.15) is 13.2 Å². The van der Waals surface area contributed by atoms with Gasteiger partial charge in [0.25, 0.3) is 0 Å². The van der Waals surface area contributed by atoms with Crippen molar-refractivity contribution in [3.05, 3.63) is 121 Å². The fourth-order valence-electron chi connectivity index (χ4n) is 4.92. The lowest BCUT2D eigenvalue weighted by molar-refractivity contribution is -0.228. The van der Waals surface area contributed by atoms with Crippen molar-refractivity contribution >= 4 is 33.5 Å². The zero-order valence-electron chi connectivity index (χ0n) is 25.8. The molecule has 0 N–H and O–H groups in total. The van der Waals surface area contributed by atoms with Crippen LogP contribution in [0.4, 0.5) is 0 Å². The molecule has 2 aromatic heterocycles. The second kappa shape index (κ2) is 14.6. The summed E-state index contributed by atoms with van der Waals surface area (Å²) in [4.78, 5) is 44.8. The van der Waals surface area contributed by atoms with Gasteiger partial charge in [-0.05, 0) is 83.6 Å². The second-order valence-electron chi connectivity index (χ2n) is 10.4. The SMILES string of the molecule is COC(=O)c1ccc2cn(-c3ccc(OOCCOCCOOc4ccc(-n5cc6ccc(C(=O)OC)cc6c5)cc4)cc3)cc2c1. The number of esters is 2. The molecule has 0 atom stereocenters. The van der Waals surface area contributed by atoms with Crippen LogP contribution in [-0.2, 0) is 24.0 Å². The number of ether oxygens (including phenoxy) is 3. The molecule has 0 spiro atoms. The number of benzene rings is 4. The first-order chi connectivity index (χ1) is 23.0. The Morgan fingerprint density at radius 3 is 1.32 bits per heavy atom. The molecule has 4 aromatic carbocycles. The monoisotopic (exact) mass is 636 g/mol. The molecule has 0 aliphatic carbocycles. The predicted octanol–water partition coefficient (Wildman–Crippen LogP) is 6.49. The van der Waals surface area contributed by atoms with Crippen molar-refractivity contribution < 1.29 is 43.3 Å². The van der Waals surface area contributed by atoms with Crippen LogP contribution in [0.2, 0.25) is 0 Å². The number of carbonyl (C=O) groups is 2. The van der Waals surface area contributed by atoms with Gasteiger partial charge in [0, 0.05) is 46.9 Å². The maximum Gasteiger partial charge on any atom is 0.337 e. The Balaban J connectivity index is 0.868. The van der Waals surface area contributed by atoms with E-state index in [4.69, 9.17) is 33.8 Å². The van der Waals surface area contributed by atoms with Crippen LogP contribution in [0.5, 0.6) is 11.5 Å². The molecule has 6 rings (SSSR count). The molecule has 11 nitrogen and oxygen atoms in total. The molecule has 6 aromatic rings. The summed E-state index contributed by atoms with van der Waals surface area (Å²) in [6.45, 7) is 1.08. The summed E-state index contributed by atoms with van der Waals surface area (Å²) >= 11 is 0. The van der Waals surface area contributed by atoms with Crippen molar-refractivity contribution in [2.24, 2.45) is 0 Å². The predicted molar refractivity (Wildman–Crippen MR) is 173 cm³/mol. The topological polar surface area (TPSA) is 109 Å². The molecule has 0 radical (unpaired) electrons. The van der Waals surface area contributed by atoms with Gasteiger partial charge in [0.2, 0.25) is 0 Å². The van der Waals surface area contributed by atoms with Crippen LogP contribution in [-0.4, -0.2) is 61.7 Å². The highest BCUT2D eigenvalue weighted by Gasteiger charge is 2.10. The minimum atomic E-state index is -0.365. The van der Waals surface area contributed by atoms with Crippen molar-refractivity contribution in [2.45, 2.75) is 0 Å². The summed E-state index contributed by atoms with van der Waals surface area (Å²) < 4.78 is 19.1. The molecule has 0 aliphatic rings. The fourth-order valence-corrected chi connectivity index (χ4v) is 4.92. The van der Waals surface area contributed by atoms with E-state index in [1.165, 1.54) is 14.2 Å². The smallest absolute Gasteiger partial charge is 0.337 e. The number of hydrogen-bond acceptors (Lipinski definition) is 9. The molecule has 47 heavy (non-hydrogen) atoms. The summed E-state index contributed by atoms with van der Waals surface area (Å²) in [5, 5.41) is 3.89. The third kappa shape index (κ3) is 7.61. The van der Waals surface area contributed by atoms with Gasteiger partial charge >= 0.3 is 11.9 Å². The van der Waals surface area contributed by atoms with E-state index in [0.717, 1.165) is 32.9 Å². The van der Waals surface area contributed by atoms with Crippen LogP contribution < -0.4 is 9.78 Å². The Kier molecular flexibility index (Phi) is 9.78. The van der Waals surface area contributed by atoms with Crippen molar-refractivity contribution in [2.75, 3.05) is 40.6 Å². The highest BCUT2D eigenvalue weighted by atomic mass is 17.2. The van der Waals surface area contributed by atoms with E-state index in [1.54, 1.807) is 36.4 Å². The van der Waals surface area contributed by atoms with Gasteiger partial charge in [-0.1, -0.05) is 12.1 Å². The van der Waals surface area contributed by atoms with Crippen LogP contribution >= 0.6 is 0 Å². The number of methoxy groups -OCH3 is 2. The van der Waals surface area contributed by atoms with Crippen LogP contribution in [0.3, 0.4) is 0 Å². The number of carbonyl (C=O) groups excluding carboxylic acids is 2. The van der Waals surface area contributed by atoms with E-state index in [-0.39, 0.29) is 25.2 Å².